The molecule has 0 aromatic heterocycles. The molecule has 0 radical (unpaired) electrons. The summed E-state index contributed by atoms with van der Waals surface area (Å²) < 4.78 is 10.4. The van der Waals surface area contributed by atoms with Crippen LogP contribution in [0.4, 0.5) is 0 Å². The fourth-order valence-corrected chi connectivity index (χ4v) is 2.33. The van der Waals surface area contributed by atoms with E-state index in [1.807, 2.05) is 0 Å². The predicted octanol–water partition coefficient (Wildman–Crippen LogP) is 4.46. The van der Waals surface area contributed by atoms with Crippen LogP contribution in [0.15, 0.2) is 61.2 Å². The molecule has 0 spiro atoms. The van der Waals surface area contributed by atoms with E-state index >= 15 is 0 Å². The van der Waals surface area contributed by atoms with Gasteiger partial charge >= 0.3 is 11.9 Å². The number of hydrogen-bond donors (Lipinski definition) is 1. The zero-order valence-electron chi connectivity index (χ0n) is 14.6. The molecule has 0 aliphatic rings. The van der Waals surface area contributed by atoms with Gasteiger partial charge in [-0.2, -0.15) is 0 Å². The lowest BCUT2D eigenvalue weighted by molar-refractivity contribution is -0.138. The molecule has 0 bridgehead atoms. The summed E-state index contributed by atoms with van der Waals surface area (Å²) in [5.41, 5.74) is 1.47. The quantitative estimate of drug-likeness (QED) is 0.298. The number of esters is 1. The number of carboxylic acids is 1. The monoisotopic (exact) mass is 386 g/mol. The van der Waals surface area contributed by atoms with Crippen molar-refractivity contribution in [2.45, 2.75) is 6.42 Å². The van der Waals surface area contributed by atoms with E-state index in [-0.39, 0.29) is 12.2 Å². The molecule has 27 heavy (non-hydrogen) atoms. The first-order valence-corrected chi connectivity index (χ1v) is 8.60. The van der Waals surface area contributed by atoms with E-state index in [9.17, 15) is 14.7 Å². The van der Waals surface area contributed by atoms with Crippen molar-refractivity contribution in [3.63, 3.8) is 0 Å². The molecule has 0 saturated carbocycles. The van der Waals surface area contributed by atoms with Crippen LogP contribution in [0, 0.1) is 0 Å². The van der Waals surface area contributed by atoms with Gasteiger partial charge in [0.25, 0.3) is 0 Å². The summed E-state index contributed by atoms with van der Waals surface area (Å²) in [5, 5.41) is 10.1. The standard InChI is InChI=1S/C21H19ClO5/c1-2-20(23)27-13-3-12-26-18-10-6-16(7-11-18)19(21(24)25)14-15-4-8-17(22)9-5-15/h2,4-11,14H,1,3,12-13H2,(H,24,25). The van der Waals surface area contributed by atoms with E-state index in [1.165, 1.54) is 0 Å². The van der Waals surface area contributed by atoms with Crippen molar-refractivity contribution in [1.82, 2.24) is 0 Å². The van der Waals surface area contributed by atoms with Crippen LogP contribution in [0.1, 0.15) is 17.5 Å². The summed E-state index contributed by atoms with van der Waals surface area (Å²) in [6.07, 6.45) is 3.23. The van der Waals surface area contributed by atoms with E-state index in [2.05, 4.69) is 6.58 Å². The smallest absolute Gasteiger partial charge is 0.336 e. The van der Waals surface area contributed by atoms with Gasteiger partial charge in [-0.25, -0.2) is 9.59 Å². The molecular weight excluding hydrogens is 368 g/mol. The molecule has 0 atom stereocenters. The number of carbonyl (C=O) groups excluding carboxylic acids is 1. The Bertz CT molecular complexity index is 823. The van der Waals surface area contributed by atoms with Gasteiger partial charge in [-0.05, 0) is 41.5 Å². The Morgan fingerprint density at radius 3 is 2.30 bits per heavy atom. The fourth-order valence-electron chi connectivity index (χ4n) is 2.21. The maximum atomic E-state index is 11.6. The van der Waals surface area contributed by atoms with Gasteiger partial charge in [0, 0.05) is 17.5 Å². The maximum Gasteiger partial charge on any atom is 0.336 e. The van der Waals surface area contributed by atoms with Crippen LogP contribution in [0.3, 0.4) is 0 Å². The summed E-state index contributed by atoms with van der Waals surface area (Å²) in [6.45, 7) is 3.93. The second-order valence-corrected chi connectivity index (χ2v) is 5.95. The molecule has 0 unspecified atom stereocenters. The molecule has 140 valence electrons. The van der Waals surface area contributed by atoms with Crippen LogP contribution in [0.5, 0.6) is 5.75 Å². The van der Waals surface area contributed by atoms with Crippen molar-refractivity contribution in [3.05, 3.63) is 77.3 Å². The van der Waals surface area contributed by atoms with Gasteiger partial charge in [-0.15, -0.1) is 0 Å². The maximum absolute atomic E-state index is 11.6. The topological polar surface area (TPSA) is 72.8 Å². The molecule has 2 rings (SSSR count). The zero-order valence-corrected chi connectivity index (χ0v) is 15.3. The molecule has 0 aliphatic carbocycles. The Kier molecular flexibility index (Phi) is 7.64. The van der Waals surface area contributed by atoms with Gasteiger partial charge in [-0.1, -0.05) is 42.4 Å². The Morgan fingerprint density at radius 2 is 1.70 bits per heavy atom. The number of ether oxygens (including phenoxy) is 2. The first-order valence-electron chi connectivity index (χ1n) is 8.22. The number of carbonyl (C=O) groups is 2. The number of benzene rings is 2. The molecule has 0 heterocycles. The molecule has 2 aromatic rings. The van der Waals surface area contributed by atoms with Crippen LogP contribution in [-0.2, 0) is 14.3 Å². The summed E-state index contributed by atoms with van der Waals surface area (Å²) in [6, 6.07) is 13.7. The largest absolute Gasteiger partial charge is 0.493 e. The lowest BCUT2D eigenvalue weighted by atomic mass is 10.0. The number of aliphatic carboxylic acids is 1. The second-order valence-electron chi connectivity index (χ2n) is 5.51. The Morgan fingerprint density at radius 1 is 1.04 bits per heavy atom. The van der Waals surface area contributed by atoms with E-state index in [0.29, 0.717) is 29.4 Å². The lowest BCUT2D eigenvalue weighted by Gasteiger charge is -2.08. The Hall–Kier alpha value is -3.05. The number of halogens is 1. The molecule has 1 N–H and O–H groups in total. The van der Waals surface area contributed by atoms with Crippen LogP contribution in [-0.4, -0.2) is 30.3 Å². The number of carboxylic acid groups (broad SMARTS) is 1. The summed E-state index contributed by atoms with van der Waals surface area (Å²) in [5.74, 6) is -0.888. The third-order valence-electron chi connectivity index (χ3n) is 3.55. The van der Waals surface area contributed by atoms with E-state index in [1.54, 1.807) is 54.6 Å². The minimum absolute atomic E-state index is 0.167. The third-order valence-corrected chi connectivity index (χ3v) is 3.80. The molecule has 2 aromatic carbocycles. The highest BCUT2D eigenvalue weighted by Crippen LogP contribution is 2.22. The summed E-state index contributed by atoms with van der Waals surface area (Å²) in [4.78, 5) is 22.5. The van der Waals surface area contributed by atoms with Crippen molar-refractivity contribution >= 4 is 35.2 Å². The van der Waals surface area contributed by atoms with Crippen LogP contribution in [0.25, 0.3) is 11.6 Å². The molecule has 0 aliphatic heterocycles. The fraction of sp³-hybridized carbons (Fsp3) is 0.143. The first-order chi connectivity index (χ1) is 13.0. The average molecular weight is 387 g/mol. The highest BCUT2D eigenvalue weighted by molar-refractivity contribution is 6.30. The van der Waals surface area contributed by atoms with Gasteiger partial charge in [-0.3, -0.25) is 0 Å². The van der Waals surface area contributed by atoms with Crippen molar-refractivity contribution in [3.8, 4) is 5.75 Å². The highest BCUT2D eigenvalue weighted by Gasteiger charge is 2.11. The third kappa shape index (κ3) is 6.64. The van der Waals surface area contributed by atoms with Crippen molar-refractivity contribution < 1.29 is 24.2 Å². The minimum atomic E-state index is -1.03. The second kappa shape index (κ2) is 10.2. The van der Waals surface area contributed by atoms with Gasteiger partial charge in [0.1, 0.15) is 5.75 Å². The summed E-state index contributed by atoms with van der Waals surface area (Å²) in [7, 11) is 0. The molecule has 0 amide bonds. The molecule has 6 heteroatoms. The molecular formula is C21H19ClO5. The van der Waals surface area contributed by atoms with Crippen molar-refractivity contribution in [2.75, 3.05) is 13.2 Å². The van der Waals surface area contributed by atoms with Gasteiger partial charge in [0.05, 0.1) is 18.8 Å². The number of rotatable bonds is 9. The van der Waals surface area contributed by atoms with E-state index in [4.69, 9.17) is 21.1 Å². The Balaban J connectivity index is 1.99. The SMILES string of the molecule is C=CC(=O)OCCCOc1ccc(C(=Cc2ccc(Cl)cc2)C(=O)O)cc1. The van der Waals surface area contributed by atoms with Crippen LogP contribution < -0.4 is 4.74 Å². The molecule has 0 saturated heterocycles. The highest BCUT2D eigenvalue weighted by atomic mass is 35.5. The molecule has 0 fully saturated rings. The van der Waals surface area contributed by atoms with Gasteiger partial charge in [0.2, 0.25) is 0 Å². The van der Waals surface area contributed by atoms with E-state index in [0.717, 1.165) is 11.6 Å². The lowest BCUT2D eigenvalue weighted by Crippen LogP contribution is -2.06. The van der Waals surface area contributed by atoms with Crippen LogP contribution >= 0.6 is 11.6 Å². The average Bonchev–Trinajstić information content (AvgIpc) is 2.67. The van der Waals surface area contributed by atoms with Crippen molar-refractivity contribution in [2.24, 2.45) is 0 Å². The van der Waals surface area contributed by atoms with E-state index < -0.39 is 11.9 Å². The minimum Gasteiger partial charge on any atom is -0.493 e. The van der Waals surface area contributed by atoms with Crippen LogP contribution in [0.2, 0.25) is 5.02 Å². The van der Waals surface area contributed by atoms with Gasteiger partial charge < -0.3 is 14.6 Å². The summed E-state index contributed by atoms with van der Waals surface area (Å²) >= 11 is 5.85. The number of hydrogen-bond acceptors (Lipinski definition) is 4. The first kappa shape index (κ1) is 20.3. The Labute approximate surface area is 162 Å². The normalized spacial score (nSPS) is 10.9. The zero-order chi connectivity index (χ0) is 19.6. The van der Waals surface area contributed by atoms with Crippen molar-refractivity contribution in [1.29, 1.82) is 0 Å². The van der Waals surface area contributed by atoms with Gasteiger partial charge in [0.15, 0.2) is 0 Å². The predicted molar refractivity (Wildman–Crippen MR) is 105 cm³/mol. The molecule has 5 nitrogen and oxygen atoms in total.